The van der Waals surface area contributed by atoms with Crippen LogP contribution in [0.5, 0.6) is 0 Å². The number of aryl methyl sites for hydroxylation is 1. The molecule has 2 aromatic carbocycles. The molecule has 3 N–H and O–H groups in total. The molecule has 0 aliphatic heterocycles. The standard InChI is InChI=1S/C21H24N2O4/c1-15(24)22-19(14-17-10-6-3-7-11-17)20(25)23-18(21(26)27)13-12-16-8-4-2-5-9-16/h2-11,18-19H,12-14H2,1H3,(H,22,24)(H,23,25)(H,26,27)/t18-,19-/m1/s1. The summed E-state index contributed by atoms with van der Waals surface area (Å²) in [5.41, 5.74) is 1.88. The van der Waals surface area contributed by atoms with Crippen molar-refractivity contribution in [1.82, 2.24) is 10.6 Å². The van der Waals surface area contributed by atoms with Crippen molar-refractivity contribution >= 4 is 17.8 Å². The van der Waals surface area contributed by atoms with Crippen LogP contribution in [0.15, 0.2) is 60.7 Å². The van der Waals surface area contributed by atoms with Crippen molar-refractivity contribution in [1.29, 1.82) is 0 Å². The number of carboxylic acids is 1. The Hall–Kier alpha value is -3.15. The molecule has 0 heterocycles. The van der Waals surface area contributed by atoms with E-state index in [0.29, 0.717) is 6.42 Å². The molecule has 0 aromatic heterocycles. The number of carbonyl (C=O) groups is 3. The zero-order chi connectivity index (χ0) is 19.6. The van der Waals surface area contributed by atoms with Crippen molar-refractivity contribution < 1.29 is 19.5 Å². The molecule has 2 atom stereocenters. The summed E-state index contributed by atoms with van der Waals surface area (Å²) in [6.07, 6.45) is 1.09. The van der Waals surface area contributed by atoms with E-state index in [2.05, 4.69) is 10.6 Å². The largest absolute Gasteiger partial charge is 0.480 e. The molecule has 0 saturated carbocycles. The first-order chi connectivity index (χ1) is 13.0. The van der Waals surface area contributed by atoms with Gasteiger partial charge in [-0.1, -0.05) is 60.7 Å². The maximum atomic E-state index is 12.6. The normalized spacial score (nSPS) is 12.6. The molecular formula is C21H24N2O4. The lowest BCUT2D eigenvalue weighted by Gasteiger charge is -2.21. The first kappa shape index (κ1) is 20.2. The highest BCUT2D eigenvalue weighted by molar-refractivity contribution is 5.90. The number of aliphatic carboxylic acids is 1. The van der Waals surface area contributed by atoms with Crippen LogP contribution >= 0.6 is 0 Å². The Balaban J connectivity index is 2.02. The molecule has 0 fully saturated rings. The molecule has 142 valence electrons. The van der Waals surface area contributed by atoms with Gasteiger partial charge < -0.3 is 15.7 Å². The highest BCUT2D eigenvalue weighted by atomic mass is 16.4. The molecule has 0 radical (unpaired) electrons. The SMILES string of the molecule is CC(=O)N[C@H](Cc1ccccc1)C(=O)N[C@H](CCc1ccccc1)C(=O)O. The maximum absolute atomic E-state index is 12.6. The summed E-state index contributed by atoms with van der Waals surface area (Å²) in [5, 5.41) is 14.6. The van der Waals surface area contributed by atoms with Crippen LogP contribution < -0.4 is 10.6 Å². The topological polar surface area (TPSA) is 95.5 Å². The fraction of sp³-hybridized carbons (Fsp3) is 0.286. The van der Waals surface area contributed by atoms with Gasteiger partial charge in [-0.15, -0.1) is 0 Å². The van der Waals surface area contributed by atoms with Crippen molar-refractivity contribution in [2.45, 2.75) is 38.3 Å². The number of amides is 2. The summed E-state index contributed by atoms with van der Waals surface area (Å²) in [6.45, 7) is 1.33. The van der Waals surface area contributed by atoms with Gasteiger partial charge in [0.05, 0.1) is 0 Å². The van der Waals surface area contributed by atoms with Gasteiger partial charge in [0.25, 0.3) is 0 Å². The smallest absolute Gasteiger partial charge is 0.326 e. The number of benzene rings is 2. The van der Waals surface area contributed by atoms with Gasteiger partial charge in [-0.3, -0.25) is 9.59 Å². The summed E-state index contributed by atoms with van der Waals surface area (Å²) >= 11 is 0. The third-order valence-corrected chi connectivity index (χ3v) is 4.16. The van der Waals surface area contributed by atoms with Crippen LogP contribution in [0, 0.1) is 0 Å². The Morgan fingerprint density at radius 1 is 0.852 bits per heavy atom. The lowest BCUT2D eigenvalue weighted by Crippen LogP contribution is -2.52. The Morgan fingerprint density at radius 2 is 1.41 bits per heavy atom. The van der Waals surface area contributed by atoms with Crippen LogP contribution in [0.4, 0.5) is 0 Å². The molecule has 2 rings (SSSR count). The van der Waals surface area contributed by atoms with E-state index in [1.54, 1.807) is 0 Å². The number of carbonyl (C=O) groups excluding carboxylic acids is 2. The number of nitrogens with one attached hydrogen (secondary N) is 2. The molecule has 0 aliphatic carbocycles. The van der Waals surface area contributed by atoms with Gasteiger partial charge in [0.2, 0.25) is 11.8 Å². The Labute approximate surface area is 158 Å². The minimum atomic E-state index is -1.10. The molecule has 6 nitrogen and oxygen atoms in total. The Kier molecular flexibility index (Phi) is 7.55. The average molecular weight is 368 g/mol. The molecule has 0 unspecified atom stereocenters. The van der Waals surface area contributed by atoms with Gasteiger partial charge >= 0.3 is 5.97 Å². The summed E-state index contributed by atoms with van der Waals surface area (Å²) in [4.78, 5) is 35.6. The van der Waals surface area contributed by atoms with E-state index in [0.717, 1.165) is 11.1 Å². The molecule has 27 heavy (non-hydrogen) atoms. The quantitative estimate of drug-likeness (QED) is 0.630. The van der Waals surface area contributed by atoms with Crippen molar-refractivity contribution in [2.24, 2.45) is 0 Å². The third kappa shape index (κ3) is 6.93. The highest BCUT2D eigenvalue weighted by Gasteiger charge is 2.26. The van der Waals surface area contributed by atoms with E-state index in [9.17, 15) is 19.5 Å². The summed E-state index contributed by atoms with van der Waals surface area (Å²) < 4.78 is 0. The van der Waals surface area contributed by atoms with Crippen molar-refractivity contribution in [2.75, 3.05) is 0 Å². The van der Waals surface area contributed by atoms with E-state index in [1.165, 1.54) is 6.92 Å². The zero-order valence-corrected chi connectivity index (χ0v) is 15.2. The van der Waals surface area contributed by atoms with Gasteiger partial charge in [0.1, 0.15) is 12.1 Å². The molecule has 2 aromatic rings. The minimum absolute atomic E-state index is 0.267. The van der Waals surface area contributed by atoms with Gasteiger partial charge in [-0.2, -0.15) is 0 Å². The van der Waals surface area contributed by atoms with Gasteiger partial charge in [0.15, 0.2) is 0 Å². The van der Waals surface area contributed by atoms with Gasteiger partial charge in [-0.25, -0.2) is 4.79 Å². The minimum Gasteiger partial charge on any atom is -0.480 e. The first-order valence-corrected chi connectivity index (χ1v) is 8.84. The highest BCUT2D eigenvalue weighted by Crippen LogP contribution is 2.08. The predicted molar refractivity (Wildman–Crippen MR) is 102 cm³/mol. The van der Waals surface area contributed by atoms with E-state index in [1.807, 2.05) is 60.7 Å². The van der Waals surface area contributed by atoms with E-state index in [-0.39, 0.29) is 18.7 Å². The second-order valence-corrected chi connectivity index (χ2v) is 6.37. The first-order valence-electron chi connectivity index (χ1n) is 8.84. The average Bonchev–Trinajstić information content (AvgIpc) is 2.65. The monoisotopic (exact) mass is 368 g/mol. The van der Waals surface area contributed by atoms with Crippen LogP contribution in [0.1, 0.15) is 24.5 Å². The number of hydrogen-bond acceptors (Lipinski definition) is 3. The Bertz CT molecular complexity index is 762. The lowest BCUT2D eigenvalue weighted by molar-refractivity contribution is -0.142. The van der Waals surface area contributed by atoms with Crippen LogP contribution in [-0.2, 0) is 27.2 Å². The maximum Gasteiger partial charge on any atom is 0.326 e. The van der Waals surface area contributed by atoms with Gasteiger partial charge in [-0.05, 0) is 24.0 Å². The van der Waals surface area contributed by atoms with Crippen LogP contribution in [-0.4, -0.2) is 35.0 Å². The van der Waals surface area contributed by atoms with Gasteiger partial charge in [0, 0.05) is 13.3 Å². The summed E-state index contributed by atoms with van der Waals surface area (Å²) in [6, 6.07) is 16.9. The molecule has 0 spiro atoms. The fourth-order valence-corrected chi connectivity index (χ4v) is 2.79. The Morgan fingerprint density at radius 3 is 1.93 bits per heavy atom. The molecule has 2 amide bonds. The lowest BCUT2D eigenvalue weighted by atomic mass is 10.0. The van der Waals surface area contributed by atoms with Crippen LogP contribution in [0.2, 0.25) is 0 Å². The summed E-state index contributed by atoms with van der Waals surface area (Å²) in [5.74, 6) is -1.95. The fourth-order valence-electron chi connectivity index (χ4n) is 2.79. The molecule has 0 bridgehead atoms. The predicted octanol–water partition coefficient (Wildman–Crippen LogP) is 1.94. The van der Waals surface area contributed by atoms with Crippen molar-refractivity contribution in [3.63, 3.8) is 0 Å². The number of hydrogen-bond donors (Lipinski definition) is 3. The second kappa shape index (κ2) is 10.1. The van der Waals surface area contributed by atoms with E-state index >= 15 is 0 Å². The van der Waals surface area contributed by atoms with Crippen LogP contribution in [0.3, 0.4) is 0 Å². The van der Waals surface area contributed by atoms with Crippen molar-refractivity contribution in [3.05, 3.63) is 71.8 Å². The third-order valence-electron chi connectivity index (χ3n) is 4.16. The zero-order valence-electron chi connectivity index (χ0n) is 15.2. The molecule has 0 saturated heterocycles. The molecule has 0 aliphatic rings. The molecule has 6 heteroatoms. The van der Waals surface area contributed by atoms with E-state index < -0.39 is 24.0 Å². The van der Waals surface area contributed by atoms with E-state index in [4.69, 9.17) is 0 Å². The summed E-state index contributed by atoms with van der Waals surface area (Å²) in [7, 11) is 0. The number of carboxylic acid groups (broad SMARTS) is 1. The molecular weight excluding hydrogens is 344 g/mol. The second-order valence-electron chi connectivity index (χ2n) is 6.37. The van der Waals surface area contributed by atoms with Crippen molar-refractivity contribution in [3.8, 4) is 0 Å². The van der Waals surface area contributed by atoms with Crippen LogP contribution in [0.25, 0.3) is 0 Å². The number of rotatable bonds is 9.